The van der Waals surface area contributed by atoms with Crippen LogP contribution in [-0.4, -0.2) is 24.6 Å². The van der Waals surface area contributed by atoms with Crippen LogP contribution in [0, 0.1) is 0 Å². The van der Waals surface area contributed by atoms with E-state index >= 15 is 0 Å². The Bertz CT molecular complexity index is 1360. The summed E-state index contributed by atoms with van der Waals surface area (Å²) in [6.07, 6.45) is 5.49. The lowest BCUT2D eigenvalue weighted by molar-refractivity contribution is 0.906. The second-order valence-corrected chi connectivity index (χ2v) is 10.2. The molecule has 0 spiro atoms. The van der Waals surface area contributed by atoms with Gasteiger partial charge in [0.1, 0.15) is 15.7 Å². The van der Waals surface area contributed by atoms with Gasteiger partial charge in [-0.15, -0.1) is 33.3 Å². The van der Waals surface area contributed by atoms with Crippen LogP contribution < -0.4 is 0 Å². The Morgan fingerprint density at radius 3 is 2.80 bits per heavy atom. The van der Waals surface area contributed by atoms with E-state index in [0.717, 1.165) is 45.1 Å². The number of fused-ring (bicyclic) bond motifs is 4. The summed E-state index contributed by atoms with van der Waals surface area (Å²) in [5, 5.41) is 11.8. The van der Waals surface area contributed by atoms with Gasteiger partial charge in [-0.2, -0.15) is 0 Å². The largest absolute Gasteiger partial charge is 0.277 e. The van der Waals surface area contributed by atoms with Gasteiger partial charge in [0, 0.05) is 21.4 Å². The smallest absolute Gasteiger partial charge is 0.201 e. The third-order valence-corrected chi connectivity index (χ3v) is 8.30. The minimum atomic E-state index is 0.747. The van der Waals surface area contributed by atoms with Gasteiger partial charge >= 0.3 is 0 Å². The lowest BCUT2D eigenvalue weighted by atomic mass is 10.2. The van der Waals surface area contributed by atoms with E-state index in [1.807, 2.05) is 46.2 Å². The van der Waals surface area contributed by atoms with Gasteiger partial charge < -0.3 is 0 Å². The van der Waals surface area contributed by atoms with Crippen molar-refractivity contribution in [2.75, 3.05) is 0 Å². The van der Waals surface area contributed by atoms with Crippen LogP contribution in [0.25, 0.3) is 15.9 Å². The molecule has 0 saturated carbocycles. The standard InChI is InChI=1S/C22H17N5S3/c1-2-7-14(8-3-1)28-13-17-23-20-19(15-9-6-10-16(15)29-20)21(24-17)30-22-26-25-18-11-4-5-12-27(18)22/h1-5,7-8,11-12H,6,9-10,13H2. The highest BCUT2D eigenvalue weighted by Crippen LogP contribution is 2.42. The molecule has 1 aliphatic rings. The van der Waals surface area contributed by atoms with Gasteiger partial charge in [0.2, 0.25) is 5.16 Å². The average Bonchev–Trinajstić information content (AvgIpc) is 3.48. The Hall–Kier alpha value is -2.42. The molecule has 0 saturated heterocycles. The number of thiophene rings is 1. The number of thioether (sulfide) groups is 1. The van der Waals surface area contributed by atoms with Gasteiger partial charge in [-0.1, -0.05) is 24.3 Å². The predicted octanol–water partition coefficient (Wildman–Crippen LogP) is 5.67. The zero-order chi connectivity index (χ0) is 19.9. The van der Waals surface area contributed by atoms with E-state index < -0.39 is 0 Å². The van der Waals surface area contributed by atoms with E-state index in [9.17, 15) is 0 Å². The molecule has 0 amide bonds. The Kier molecular flexibility index (Phi) is 4.70. The van der Waals surface area contributed by atoms with Crippen molar-refractivity contribution in [3.8, 4) is 0 Å². The first-order valence-corrected chi connectivity index (χ1v) is 12.4. The van der Waals surface area contributed by atoms with Crippen molar-refractivity contribution < 1.29 is 0 Å². The van der Waals surface area contributed by atoms with Crippen LogP contribution in [0.1, 0.15) is 22.7 Å². The number of hydrogen-bond acceptors (Lipinski definition) is 7. The first-order valence-electron chi connectivity index (χ1n) is 9.82. The van der Waals surface area contributed by atoms with Gasteiger partial charge in [0.15, 0.2) is 5.65 Å². The molecule has 148 valence electrons. The maximum absolute atomic E-state index is 5.00. The second kappa shape index (κ2) is 7.68. The van der Waals surface area contributed by atoms with Crippen LogP contribution in [0.4, 0.5) is 0 Å². The molecule has 0 atom stereocenters. The van der Waals surface area contributed by atoms with E-state index in [-0.39, 0.29) is 0 Å². The molecule has 5 nitrogen and oxygen atoms in total. The van der Waals surface area contributed by atoms with Gasteiger partial charge in [-0.05, 0) is 60.9 Å². The lowest BCUT2D eigenvalue weighted by Gasteiger charge is -2.07. The number of rotatable bonds is 5. The van der Waals surface area contributed by atoms with Crippen molar-refractivity contribution in [2.45, 2.75) is 40.1 Å². The fraction of sp³-hybridized carbons (Fsp3) is 0.182. The molecule has 0 aliphatic heterocycles. The minimum absolute atomic E-state index is 0.747. The number of benzene rings is 1. The van der Waals surface area contributed by atoms with Gasteiger partial charge in [0.25, 0.3) is 0 Å². The predicted molar refractivity (Wildman–Crippen MR) is 123 cm³/mol. The van der Waals surface area contributed by atoms with Gasteiger partial charge in [-0.25, -0.2) is 9.97 Å². The van der Waals surface area contributed by atoms with Crippen molar-refractivity contribution >= 4 is 50.7 Å². The molecule has 0 bridgehead atoms. The van der Waals surface area contributed by atoms with Crippen molar-refractivity contribution in [1.29, 1.82) is 0 Å². The molecule has 8 heteroatoms. The first kappa shape index (κ1) is 18.4. The fourth-order valence-corrected chi connectivity index (χ4v) is 6.88. The average molecular weight is 448 g/mol. The van der Waals surface area contributed by atoms with Crippen LogP contribution >= 0.6 is 34.9 Å². The Morgan fingerprint density at radius 1 is 0.967 bits per heavy atom. The molecule has 0 unspecified atom stereocenters. The molecule has 0 radical (unpaired) electrons. The zero-order valence-electron chi connectivity index (χ0n) is 16.0. The normalized spacial score (nSPS) is 13.3. The minimum Gasteiger partial charge on any atom is -0.277 e. The zero-order valence-corrected chi connectivity index (χ0v) is 18.4. The highest BCUT2D eigenvalue weighted by molar-refractivity contribution is 7.99. The molecule has 4 aromatic heterocycles. The maximum Gasteiger partial charge on any atom is 0.201 e. The maximum atomic E-state index is 5.00. The van der Waals surface area contributed by atoms with Crippen LogP contribution in [0.15, 0.2) is 69.8 Å². The van der Waals surface area contributed by atoms with E-state index in [0.29, 0.717) is 0 Å². The summed E-state index contributed by atoms with van der Waals surface area (Å²) in [7, 11) is 0. The molecule has 1 aromatic carbocycles. The monoisotopic (exact) mass is 447 g/mol. The van der Waals surface area contributed by atoms with Crippen LogP contribution in [-0.2, 0) is 18.6 Å². The quantitative estimate of drug-likeness (QED) is 0.256. The van der Waals surface area contributed by atoms with Gasteiger partial charge in [0.05, 0.1) is 5.75 Å². The molecule has 4 heterocycles. The number of pyridine rings is 1. The molecule has 0 N–H and O–H groups in total. The molecule has 1 aliphatic carbocycles. The first-order chi connectivity index (χ1) is 14.8. The summed E-state index contributed by atoms with van der Waals surface area (Å²) in [4.78, 5) is 13.7. The Balaban J connectivity index is 1.42. The van der Waals surface area contributed by atoms with E-state index in [4.69, 9.17) is 9.97 Å². The van der Waals surface area contributed by atoms with E-state index in [1.165, 1.54) is 27.1 Å². The second-order valence-electron chi connectivity index (χ2n) is 7.10. The van der Waals surface area contributed by atoms with Crippen LogP contribution in [0.2, 0.25) is 0 Å². The van der Waals surface area contributed by atoms with Crippen LogP contribution in [0.3, 0.4) is 0 Å². The highest BCUT2D eigenvalue weighted by atomic mass is 32.2. The SMILES string of the molecule is c1ccc(SCc2nc(Sc3nnc4ccccn34)c3c4c(sc3n2)CCC4)cc1. The Labute approximate surface area is 186 Å². The van der Waals surface area contributed by atoms with E-state index in [1.54, 1.807) is 23.5 Å². The third kappa shape index (κ3) is 3.29. The molecule has 0 fully saturated rings. The summed E-state index contributed by atoms with van der Waals surface area (Å²) in [6.45, 7) is 0. The molecule has 5 aromatic rings. The number of aromatic nitrogens is 5. The van der Waals surface area contributed by atoms with Gasteiger partial charge in [-0.3, -0.25) is 4.40 Å². The fourth-order valence-electron chi connectivity index (χ4n) is 3.78. The molecule has 6 rings (SSSR count). The van der Waals surface area contributed by atoms with Crippen molar-refractivity contribution in [2.24, 2.45) is 0 Å². The molecular formula is C22H17N5S3. The highest BCUT2D eigenvalue weighted by Gasteiger charge is 2.23. The van der Waals surface area contributed by atoms with Crippen molar-refractivity contribution in [1.82, 2.24) is 24.6 Å². The molecule has 30 heavy (non-hydrogen) atoms. The summed E-state index contributed by atoms with van der Waals surface area (Å²) in [5.74, 6) is 1.61. The molecular weight excluding hydrogens is 430 g/mol. The number of aryl methyl sites for hydroxylation is 2. The summed E-state index contributed by atoms with van der Waals surface area (Å²) >= 11 is 5.20. The van der Waals surface area contributed by atoms with E-state index in [2.05, 4.69) is 34.5 Å². The number of nitrogens with zero attached hydrogens (tertiary/aromatic N) is 5. The van der Waals surface area contributed by atoms with Crippen LogP contribution in [0.5, 0.6) is 0 Å². The third-order valence-electron chi connectivity index (χ3n) is 5.16. The summed E-state index contributed by atoms with van der Waals surface area (Å²) < 4.78 is 2.02. The summed E-state index contributed by atoms with van der Waals surface area (Å²) in [5.41, 5.74) is 2.29. The Morgan fingerprint density at radius 2 is 1.87 bits per heavy atom. The van der Waals surface area contributed by atoms with Crippen molar-refractivity contribution in [3.05, 3.63) is 71.0 Å². The summed E-state index contributed by atoms with van der Waals surface area (Å²) in [6, 6.07) is 16.4. The lowest BCUT2D eigenvalue weighted by Crippen LogP contribution is -1.97. The topological polar surface area (TPSA) is 56.0 Å². The van der Waals surface area contributed by atoms with Crippen molar-refractivity contribution in [3.63, 3.8) is 0 Å². The number of hydrogen-bond donors (Lipinski definition) is 0.